The Labute approximate surface area is 196 Å². The smallest absolute Gasteiger partial charge is 0.354 e. The van der Waals surface area contributed by atoms with E-state index in [0.29, 0.717) is 0 Å². The first-order valence-electron chi connectivity index (χ1n) is 9.44. The molecule has 35 heavy (non-hydrogen) atoms. The fourth-order valence-corrected chi connectivity index (χ4v) is 5.81. The van der Waals surface area contributed by atoms with Crippen molar-refractivity contribution in [1.82, 2.24) is 9.55 Å². The van der Waals surface area contributed by atoms with Crippen LogP contribution < -0.4 is 11.2 Å². The SMILES string of the molecule is Cc1cn(C2CC(OCOCCC#N)C(COP(=O)(O)OP(=O)(O)OP(=O)(O)O)O2)c(=O)[nH]c1=O. The summed E-state index contributed by atoms with van der Waals surface area (Å²) in [7, 11) is -16.7. The van der Waals surface area contributed by atoms with Crippen LogP contribution in [0, 0.1) is 18.3 Å². The van der Waals surface area contributed by atoms with E-state index in [-0.39, 0.29) is 31.8 Å². The predicted molar refractivity (Wildman–Crippen MR) is 110 cm³/mol. The number of hydrogen-bond donors (Lipinski definition) is 5. The Morgan fingerprint density at radius 2 is 1.89 bits per heavy atom. The van der Waals surface area contributed by atoms with Crippen LogP contribution in [0.1, 0.15) is 24.6 Å². The van der Waals surface area contributed by atoms with E-state index in [2.05, 4.69) is 18.1 Å². The largest absolute Gasteiger partial charge is 0.490 e. The van der Waals surface area contributed by atoms with Gasteiger partial charge in [-0.15, -0.1) is 0 Å². The van der Waals surface area contributed by atoms with Gasteiger partial charge in [0.2, 0.25) is 0 Å². The molecule has 2 heterocycles. The van der Waals surface area contributed by atoms with E-state index in [0.717, 1.165) is 4.57 Å². The maximum atomic E-state index is 12.2. The number of nitriles is 1. The summed E-state index contributed by atoms with van der Waals surface area (Å²) < 4.78 is 63.3. The average molecular weight is 565 g/mol. The fourth-order valence-electron chi connectivity index (χ4n) is 2.78. The molecule has 0 spiro atoms. The summed E-state index contributed by atoms with van der Waals surface area (Å²) in [5.74, 6) is 0. The molecule has 1 aliphatic heterocycles. The fraction of sp³-hybridized carbons (Fsp3) is 0.643. The van der Waals surface area contributed by atoms with Crippen molar-refractivity contribution in [3.05, 3.63) is 32.6 Å². The second-order valence-electron chi connectivity index (χ2n) is 6.87. The van der Waals surface area contributed by atoms with Gasteiger partial charge in [-0.2, -0.15) is 13.9 Å². The van der Waals surface area contributed by atoms with Crippen LogP contribution in [0.2, 0.25) is 0 Å². The van der Waals surface area contributed by atoms with Crippen LogP contribution in [0.25, 0.3) is 0 Å². The molecule has 1 fully saturated rings. The third-order valence-corrected chi connectivity index (χ3v) is 7.98. The minimum atomic E-state index is -5.72. The van der Waals surface area contributed by atoms with Crippen molar-refractivity contribution in [2.75, 3.05) is 20.0 Å². The first-order chi connectivity index (χ1) is 16.1. The maximum absolute atomic E-state index is 12.2. The molecule has 0 radical (unpaired) electrons. The Kier molecular flexibility index (Phi) is 10.3. The number of aromatic nitrogens is 2. The summed E-state index contributed by atoms with van der Waals surface area (Å²) in [6.45, 7) is 0.305. The van der Waals surface area contributed by atoms with E-state index in [1.807, 2.05) is 6.07 Å². The van der Waals surface area contributed by atoms with Gasteiger partial charge in [0, 0.05) is 18.2 Å². The molecule has 0 aliphatic carbocycles. The zero-order chi connectivity index (χ0) is 26.4. The molecule has 1 aromatic heterocycles. The zero-order valence-corrected chi connectivity index (χ0v) is 20.5. The molecule has 1 saturated heterocycles. The summed E-state index contributed by atoms with van der Waals surface area (Å²) in [4.78, 5) is 61.9. The number of aryl methyl sites for hydroxylation is 1. The number of rotatable bonds is 13. The van der Waals surface area contributed by atoms with Gasteiger partial charge in [-0.3, -0.25) is 18.9 Å². The highest BCUT2D eigenvalue weighted by Gasteiger charge is 2.43. The number of phosphoric acid groups is 3. The van der Waals surface area contributed by atoms with Gasteiger partial charge >= 0.3 is 29.2 Å². The Bertz CT molecular complexity index is 1190. The number of aromatic amines is 1. The molecule has 1 aromatic rings. The van der Waals surface area contributed by atoms with E-state index in [4.69, 9.17) is 29.3 Å². The lowest BCUT2D eigenvalue weighted by atomic mass is 10.2. The van der Waals surface area contributed by atoms with E-state index < -0.39 is 59.8 Å². The molecule has 2 rings (SSSR count). The number of ether oxygens (including phenoxy) is 3. The number of nitrogens with one attached hydrogen (secondary N) is 1. The van der Waals surface area contributed by atoms with Crippen molar-refractivity contribution in [3.8, 4) is 6.07 Å². The summed E-state index contributed by atoms with van der Waals surface area (Å²) in [5, 5.41) is 8.52. The van der Waals surface area contributed by atoms with Crippen LogP contribution in [-0.4, -0.2) is 61.3 Å². The molecule has 1 aliphatic rings. The minimum Gasteiger partial charge on any atom is -0.354 e. The molecule has 198 valence electrons. The third kappa shape index (κ3) is 9.79. The summed E-state index contributed by atoms with van der Waals surface area (Å²) in [6.07, 6.45) is -1.95. The van der Waals surface area contributed by atoms with Gasteiger partial charge in [0.25, 0.3) is 5.56 Å². The maximum Gasteiger partial charge on any atom is 0.490 e. The molecule has 18 nitrogen and oxygen atoms in total. The molecule has 5 N–H and O–H groups in total. The Hall–Kier alpha value is -1.54. The summed E-state index contributed by atoms with van der Waals surface area (Å²) in [6, 6.07) is 1.85. The van der Waals surface area contributed by atoms with Gasteiger partial charge in [-0.05, 0) is 6.92 Å². The van der Waals surface area contributed by atoms with Gasteiger partial charge in [0.05, 0.1) is 31.8 Å². The predicted octanol–water partition coefficient (Wildman–Crippen LogP) is -0.251. The highest BCUT2D eigenvalue weighted by Crippen LogP contribution is 2.66. The highest BCUT2D eigenvalue weighted by molar-refractivity contribution is 7.66. The first-order valence-corrected chi connectivity index (χ1v) is 14.0. The number of hydrogen-bond acceptors (Lipinski definition) is 12. The summed E-state index contributed by atoms with van der Waals surface area (Å²) in [5.41, 5.74) is -1.25. The van der Waals surface area contributed by atoms with E-state index >= 15 is 0 Å². The monoisotopic (exact) mass is 565 g/mol. The first kappa shape index (κ1) is 29.7. The van der Waals surface area contributed by atoms with Crippen LogP contribution in [0.4, 0.5) is 0 Å². The average Bonchev–Trinajstić information content (AvgIpc) is 3.09. The second-order valence-corrected chi connectivity index (χ2v) is 11.3. The topological polar surface area (TPSA) is 266 Å². The molecule has 5 atom stereocenters. The number of H-pyrrole nitrogens is 1. The van der Waals surface area contributed by atoms with Crippen LogP contribution in [0.5, 0.6) is 0 Å². The molecule has 5 unspecified atom stereocenters. The molecule has 0 amide bonds. The molecule has 0 saturated carbocycles. The van der Waals surface area contributed by atoms with Gasteiger partial charge in [-0.1, -0.05) is 0 Å². The number of phosphoric ester groups is 1. The summed E-state index contributed by atoms with van der Waals surface area (Å²) >= 11 is 0. The van der Waals surface area contributed by atoms with Gasteiger partial charge in [0.15, 0.2) is 0 Å². The van der Waals surface area contributed by atoms with E-state index in [1.165, 1.54) is 13.1 Å². The van der Waals surface area contributed by atoms with Crippen molar-refractivity contribution in [2.45, 2.75) is 38.2 Å². The van der Waals surface area contributed by atoms with Crippen LogP contribution in [0.15, 0.2) is 15.8 Å². The molecule has 0 bridgehead atoms. The number of nitrogens with zero attached hydrogens (tertiary/aromatic N) is 2. The Morgan fingerprint density at radius 1 is 1.20 bits per heavy atom. The van der Waals surface area contributed by atoms with Crippen LogP contribution in [0.3, 0.4) is 0 Å². The molecular formula is C14H22N3O15P3. The highest BCUT2D eigenvalue weighted by atomic mass is 31.3. The van der Waals surface area contributed by atoms with Crippen molar-refractivity contribution >= 4 is 23.5 Å². The lowest BCUT2D eigenvalue weighted by Crippen LogP contribution is -2.33. The van der Waals surface area contributed by atoms with Crippen molar-refractivity contribution in [1.29, 1.82) is 5.26 Å². The standard InChI is InChI=1S/C14H22N3O15P3/c1-9-6-17(14(19)16-13(9)18)12-5-10(28-8-27-4-2-3-15)11(30-12)7-29-34(23,24)32-35(25,26)31-33(20,21)22/h6,10-12H,2,4-5,7-8H2,1H3,(H,23,24)(H,25,26)(H,16,18,19)(H2,20,21,22). The van der Waals surface area contributed by atoms with Crippen molar-refractivity contribution < 1.29 is 60.6 Å². The van der Waals surface area contributed by atoms with Crippen LogP contribution >= 0.6 is 23.5 Å². The third-order valence-electron chi connectivity index (χ3n) is 4.18. The normalized spacial score (nSPS) is 23.9. The van der Waals surface area contributed by atoms with Crippen LogP contribution in [-0.2, 0) is 41.1 Å². The van der Waals surface area contributed by atoms with E-state index in [9.17, 15) is 33.1 Å². The van der Waals surface area contributed by atoms with E-state index in [1.54, 1.807) is 0 Å². The lowest BCUT2D eigenvalue weighted by Gasteiger charge is -2.21. The molecular weight excluding hydrogens is 543 g/mol. The molecule has 21 heteroatoms. The van der Waals surface area contributed by atoms with Gasteiger partial charge < -0.3 is 33.8 Å². The van der Waals surface area contributed by atoms with Gasteiger partial charge in [0.1, 0.15) is 19.1 Å². The molecule has 0 aromatic carbocycles. The minimum absolute atomic E-state index is 0.0400. The van der Waals surface area contributed by atoms with Crippen molar-refractivity contribution in [2.24, 2.45) is 0 Å². The quantitative estimate of drug-likeness (QED) is 0.117. The van der Waals surface area contributed by atoms with Gasteiger partial charge in [-0.25, -0.2) is 18.5 Å². The van der Waals surface area contributed by atoms with Crippen molar-refractivity contribution in [3.63, 3.8) is 0 Å². The Morgan fingerprint density at radius 3 is 2.51 bits per heavy atom. The second kappa shape index (κ2) is 12.1. The lowest BCUT2D eigenvalue weighted by molar-refractivity contribution is -0.117. The zero-order valence-electron chi connectivity index (χ0n) is 17.9. The Balaban J connectivity index is 2.12.